The third kappa shape index (κ3) is 4.72. The highest BCUT2D eigenvalue weighted by atomic mass is 32.1. The first kappa shape index (κ1) is 20.9. The molecule has 0 saturated carbocycles. The van der Waals surface area contributed by atoms with Gasteiger partial charge < -0.3 is 24.0 Å². The van der Waals surface area contributed by atoms with E-state index in [2.05, 4.69) is 0 Å². The molecule has 31 heavy (non-hydrogen) atoms. The summed E-state index contributed by atoms with van der Waals surface area (Å²) < 4.78 is 16.3. The van der Waals surface area contributed by atoms with E-state index >= 15 is 0 Å². The second-order valence-electron chi connectivity index (χ2n) is 6.97. The lowest BCUT2D eigenvalue weighted by atomic mass is 10.1. The number of carbonyl (C=O) groups is 3. The molecule has 0 aliphatic carbocycles. The van der Waals surface area contributed by atoms with Crippen molar-refractivity contribution in [2.75, 3.05) is 39.4 Å². The van der Waals surface area contributed by atoms with Gasteiger partial charge in [-0.3, -0.25) is 9.59 Å². The molecule has 3 heterocycles. The molecule has 1 aromatic heterocycles. The smallest absolute Gasteiger partial charge is 0.409 e. The van der Waals surface area contributed by atoms with Crippen molar-refractivity contribution < 1.29 is 28.6 Å². The summed E-state index contributed by atoms with van der Waals surface area (Å²) >= 11 is 1.52. The normalized spacial score (nSPS) is 16.8. The number of thiophene rings is 1. The van der Waals surface area contributed by atoms with Crippen molar-refractivity contribution in [2.24, 2.45) is 0 Å². The van der Waals surface area contributed by atoms with Crippen molar-refractivity contribution in [3.63, 3.8) is 0 Å². The van der Waals surface area contributed by atoms with Gasteiger partial charge in [-0.25, -0.2) is 4.79 Å². The van der Waals surface area contributed by atoms with Gasteiger partial charge in [0.05, 0.1) is 12.2 Å². The molecule has 4 rings (SSSR count). The zero-order valence-electron chi connectivity index (χ0n) is 17.0. The molecule has 0 unspecified atom stereocenters. The fraction of sp³-hybridized carbons (Fsp3) is 0.318. The number of carbonyl (C=O) groups excluding carboxylic acids is 3. The molecule has 1 aromatic carbocycles. The summed E-state index contributed by atoms with van der Waals surface area (Å²) in [5, 5.41) is 1.93. The van der Waals surface area contributed by atoms with E-state index in [1.54, 1.807) is 41.0 Å². The summed E-state index contributed by atoms with van der Waals surface area (Å²) in [7, 11) is 0. The van der Waals surface area contributed by atoms with Crippen LogP contribution in [0.1, 0.15) is 22.2 Å². The summed E-state index contributed by atoms with van der Waals surface area (Å²) in [6.45, 7) is 3.67. The number of hydrogen-bond donors (Lipinski definition) is 0. The molecule has 0 atom stereocenters. The van der Waals surface area contributed by atoms with Crippen LogP contribution in [0.15, 0.2) is 41.5 Å². The number of amides is 2. The SMILES string of the molecule is CCOC(=O)N1CCN(C(=O)COc2ccc3c(c2)OC(=Cc2cccs2)C3=O)CC1. The van der Waals surface area contributed by atoms with Gasteiger partial charge in [0.1, 0.15) is 11.5 Å². The largest absolute Gasteiger partial charge is 0.484 e. The molecule has 9 heteroatoms. The Morgan fingerprint density at radius 2 is 1.94 bits per heavy atom. The lowest BCUT2D eigenvalue weighted by molar-refractivity contribution is -0.134. The van der Waals surface area contributed by atoms with Crippen molar-refractivity contribution >= 4 is 35.2 Å². The van der Waals surface area contributed by atoms with E-state index in [4.69, 9.17) is 14.2 Å². The number of allylic oxidation sites excluding steroid dienone is 1. The van der Waals surface area contributed by atoms with Gasteiger partial charge in [0.15, 0.2) is 12.4 Å². The molecule has 0 radical (unpaired) electrons. The van der Waals surface area contributed by atoms with Crippen LogP contribution in [-0.4, -0.2) is 67.0 Å². The van der Waals surface area contributed by atoms with Crippen LogP contribution in [0.5, 0.6) is 11.5 Å². The van der Waals surface area contributed by atoms with Crippen LogP contribution < -0.4 is 9.47 Å². The second-order valence-corrected chi connectivity index (χ2v) is 7.95. The van der Waals surface area contributed by atoms with Gasteiger partial charge in [0, 0.05) is 43.2 Å². The molecule has 8 nitrogen and oxygen atoms in total. The van der Waals surface area contributed by atoms with Crippen LogP contribution in [0, 0.1) is 0 Å². The maximum absolute atomic E-state index is 12.5. The third-order valence-corrected chi connectivity index (χ3v) is 5.80. The Balaban J connectivity index is 1.31. The van der Waals surface area contributed by atoms with E-state index in [1.165, 1.54) is 11.3 Å². The average molecular weight is 442 g/mol. The number of piperazine rings is 1. The molecule has 2 aromatic rings. The minimum atomic E-state index is -0.356. The quantitative estimate of drug-likeness (QED) is 0.662. The Hall–Kier alpha value is -3.33. The summed E-state index contributed by atoms with van der Waals surface area (Å²) in [5.74, 6) is 0.790. The molecule has 0 N–H and O–H groups in total. The molecule has 1 fully saturated rings. The number of nitrogens with zero attached hydrogens (tertiary/aromatic N) is 2. The topological polar surface area (TPSA) is 85.4 Å². The lowest BCUT2D eigenvalue weighted by Crippen LogP contribution is -2.51. The monoisotopic (exact) mass is 442 g/mol. The molecular formula is C22H22N2O6S. The first-order valence-electron chi connectivity index (χ1n) is 9.99. The molecule has 162 valence electrons. The predicted molar refractivity (Wildman–Crippen MR) is 114 cm³/mol. The highest BCUT2D eigenvalue weighted by molar-refractivity contribution is 7.10. The second kappa shape index (κ2) is 9.22. The molecule has 2 aliphatic heterocycles. The van der Waals surface area contributed by atoms with Crippen molar-refractivity contribution in [1.82, 2.24) is 9.80 Å². The van der Waals surface area contributed by atoms with Crippen LogP contribution in [0.25, 0.3) is 6.08 Å². The number of ether oxygens (including phenoxy) is 3. The average Bonchev–Trinajstić information content (AvgIpc) is 3.40. The van der Waals surface area contributed by atoms with Gasteiger partial charge >= 0.3 is 6.09 Å². The summed E-state index contributed by atoms with van der Waals surface area (Å²) in [4.78, 5) is 40.9. The maximum atomic E-state index is 12.5. The Bertz CT molecular complexity index is 1010. The highest BCUT2D eigenvalue weighted by Gasteiger charge is 2.28. The Morgan fingerprint density at radius 3 is 2.65 bits per heavy atom. The number of ketones is 1. The molecule has 2 amide bonds. The van der Waals surface area contributed by atoms with E-state index in [1.807, 2.05) is 17.5 Å². The van der Waals surface area contributed by atoms with Gasteiger partial charge in [-0.15, -0.1) is 11.3 Å². The summed E-state index contributed by atoms with van der Waals surface area (Å²) in [6.07, 6.45) is 1.36. The minimum absolute atomic E-state index is 0.135. The van der Waals surface area contributed by atoms with E-state index in [0.29, 0.717) is 49.8 Å². The summed E-state index contributed by atoms with van der Waals surface area (Å²) in [5.41, 5.74) is 0.469. The Morgan fingerprint density at radius 1 is 1.16 bits per heavy atom. The fourth-order valence-corrected chi connectivity index (χ4v) is 4.00. The summed E-state index contributed by atoms with van der Waals surface area (Å²) in [6, 6.07) is 8.73. The molecule has 0 bridgehead atoms. The van der Waals surface area contributed by atoms with Gasteiger partial charge in [0.25, 0.3) is 5.91 Å². The Kier molecular flexibility index (Phi) is 6.22. The molecular weight excluding hydrogens is 420 g/mol. The Labute approximate surface area is 183 Å². The first-order chi connectivity index (χ1) is 15.0. The number of rotatable bonds is 5. The number of hydrogen-bond acceptors (Lipinski definition) is 7. The number of Topliss-reactive ketones (excluding diaryl/α,β-unsaturated/α-hetero) is 1. The van der Waals surface area contributed by atoms with Crippen molar-refractivity contribution in [2.45, 2.75) is 6.92 Å². The van der Waals surface area contributed by atoms with Gasteiger partial charge in [0.2, 0.25) is 5.78 Å². The van der Waals surface area contributed by atoms with Gasteiger partial charge in [-0.05, 0) is 30.5 Å². The maximum Gasteiger partial charge on any atom is 0.409 e. The van der Waals surface area contributed by atoms with Crippen LogP contribution >= 0.6 is 11.3 Å². The van der Waals surface area contributed by atoms with Crippen molar-refractivity contribution in [1.29, 1.82) is 0 Å². The third-order valence-electron chi connectivity index (χ3n) is 4.98. The van der Waals surface area contributed by atoms with Gasteiger partial charge in [-0.2, -0.15) is 0 Å². The van der Waals surface area contributed by atoms with E-state index in [9.17, 15) is 14.4 Å². The highest BCUT2D eigenvalue weighted by Crippen LogP contribution is 2.35. The molecule has 1 saturated heterocycles. The predicted octanol–water partition coefficient (Wildman–Crippen LogP) is 3.04. The van der Waals surface area contributed by atoms with Gasteiger partial charge in [-0.1, -0.05) is 6.07 Å². The zero-order chi connectivity index (χ0) is 21.8. The minimum Gasteiger partial charge on any atom is -0.484 e. The van der Waals surface area contributed by atoms with Crippen LogP contribution in [0.4, 0.5) is 4.79 Å². The lowest BCUT2D eigenvalue weighted by Gasteiger charge is -2.33. The van der Waals surface area contributed by atoms with E-state index in [0.717, 1.165) is 4.88 Å². The van der Waals surface area contributed by atoms with Crippen LogP contribution in [0.3, 0.4) is 0 Å². The number of benzene rings is 1. The number of fused-ring (bicyclic) bond motifs is 1. The van der Waals surface area contributed by atoms with E-state index in [-0.39, 0.29) is 30.1 Å². The van der Waals surface area contributed by atoms with Crippen LogP contribution in [0.2, 0.25) is 0 Å². The van der Waals surface area contributed by atoms with Crippen molar-refractivity contribution in [3.8, 4) is 11.5 Å². The van der Waals surface area contributed by atoms with Crippen molar-refractivity contribution in [3.05, 3.63) is 51.9 Å². The first-order valence-corrected chi connectivity index (χ1v) is 10.9. The fourth-order valence-electron chi connectivity index (χ4n) is 3.35. The molecule has 0 spiro atoms. The standard InChI is InChI=1S/C22H22N2O6S/c1-2-28-22(27)24-9-7-23(8-10-24)20(25)14-29-15-5-6-17-18(12-15)30-19(21(17)26)13-16-4-3-11-31-16/h3-6,11-13H,2,7-10,14H2,1H3. The zero-order valence-corrected chi connectivity index (χ0v) is 17.9. The molecule has 2 aliphatic rings. The van der Waals surface area contributed by atoms with E-state index < -0.39 is 0 Å². The van der Waals surface area contributed by atoms with Crippen LogP contribution in [-0.2, 0) is 9.53 Å².